The van der Waals surface area contributed by atoms with Crippen LogP contribution in [0.1, 0.15) is 31.7 Å². The summed E-state index contributed by atoms with van der Waals surface area (Å²) in [6.45, 7) is 3.66. The van der Waals surface area contributed by atoms with E-state index in [0.29, 0.717) is 19.6 Å². The number of benzene rings is 1. The van der Waals surface area contributed by atoms with Crippen molar-refractivity contribution >= 4 is 17.8 Å². The van der Waals surface area contributed by atoms with Crippen molar-refractivity contribution in [1.29, 1.82) is 0 Å². The summed E-state index contributed by atoms with van der Waals surface area (Å²) in [5.41, 5.74) is 1.06. The summed E-state index contributed by atoms with van der Waals surface area (Å²) in [4.78, 5) is 39.3. The number of carboxylic acids is 1. The normalized spacial score (nSPS) is 24.7. The van der Waals surface area contributed by atoms with E-state index < -0.39 is 5.97 Å². The Kier molecular flexibility index (Phi) is 6.11. The molecule has 1 unspecified atom stereocenters. The number of rotatable bonds is 8. The highest BCUT2D eigenvalue weighted by Gasteiger charge is 2.38. The predicted octanol–water partition coefficient (Wildman–Crippen LogP) is 1.09. The third kappa shape index (κ3) is 4.86. The third-order valence-corrected chi connectivity index (χ3v) is 5.52. The number of carboxylic acid groups (broad SMARTS) is 1. The number of aliphatic carboxylic acids is 1. The zero-order valence-electron chi connectivity index (χ0n) is 15.6. The summed E-state index contributed by atoms with van der Waals surface area (Å²) in [5, 5.41) is 12.0. The average molecular weight is 373 g/mol. The minimum Gasteiger partial charge on any atom is -0.480 e. The number of likely N-dealkylation sites (N-methyl/N-ethyl adjacent to an activating group) is 1. The van der Waals surface area contributed by atoms with Crippen LogP contribution in [0.3, 0.4) is 0 Å². The molecule has 2 amide bonds. The van der Waals surface area contributed by atoms with Gasteiger partial charge in [0, 0.05) is 31.6 Å². The third-order valence-electron chi connectivity index (χ3n) is 5.52. The molecule has 2 N–H and O–H groups in total. The Bertz CT molecular complexity index is 688. The van der Waals surface area contributed by atoms with Crippen molar-refractivity contribution < 1.29 is 19.5 Å². The largest absolute Gasteiger partial charge is 0.480 e. The van der Waals surface area contributed by atoms with Gasteiger partial charge in [0.05, 0.1) is 12.5 Å². The lowest BCUT2D eigenvalue weighted by molar-refractivity contribution is -0.140. The molecule has 1 aliphatic carbocycles. The molecule has 0 aromatic heterocycles. The smallest absolute Gasteiger partial charge is 0.317 e. The monoisotopic (exact) mass is 373 g/mol. The van der Waals surface area contributed by atoms with E-state index in [9.17, 15) is 14.4 Å². The zero-order valence-corrected chi connectivity index (χ0v) is 15.6. The van der Waals surface area contributed by atoms with Crippen molar-refractivity contribution in [2.45, 2.75) is 44.8 Å². The first-order chi connectivity index (χ1) is 13.0. The summed E-state index contributed by atoms with van der Waals surface area (Å²) < 4.78 is 0. The van der Waals surface area contributed by atoms with E-state index in [2.05, 4.69) is 5.32 Å². The SMILES string of the molecule is CCN(CC(=O)O)C1CC(NC(=O)C2CC(=O)N(Cc3ccccc3)C2)C1. The van der Waals surface area contributed by atoms with E-state index in [1.165, 1.54) is 0 Å². The molecule has 1 saturated heterocycles. The number of nitrogens with one attached hydrogen (secondary N) is 1. The van der Waals surface area contributed by atoms with Gasteiger partial charge in [-0.05, 0) is 24.9 Å². The Morgan fingerprint density at radius 3 is 2.59 bits per heavy atom. The van der Waals surface area contributed by atoms with Gasteiger partial charge in [-0.2, -0.15) is 0 Å². The van der Waals surface area contributed by atoms with Crippen LogP contribution in [-0.2, 0) is 20.9 Å². The molecule has 2 fully saturated rings. The summed E-state index contributed by atoms with van der Waals surface area (Å²) >= 11 is 0. The van der Waals surface area contributed by atoms with Gasteiger partial charge in [-0.25, -0.2) is 0 Å². The van der Waals surface area contributed by atoms with Crippen molar-refractivity contribution in [3.8, 4) is 0 Å². The second-order valence-electron chi connectivity index (χ2n) is 7.45. The van der Waals surface area contributed by atoms with E-state index in [1.54, 1.807) is 4.90 Å². The maximum absolute atomic E-state index is 12.5. The van der Waals surface area contributed by atoms with Crippen LogP contribution in [-0.4, -0.2) is 64.4 Å². The highest BCUT2D eigenvalue weighted by Crippen LogP contribution is 2.27. The average Bonchev–Trinajstić information content (AvgIpc) is 2.97. The number of nitrogens with zero attached hydrogens (tertiary/aromatic N) is 2. The second kappa shape index (κ2) is 8.52. The predicted molar refractivity (Wildman–Crippen MR) is 99.8 cm³/mol. The Hall–Kier alpha value is -2.41. The van der Waals surface area contributed by atoms with Crippen LogP contribution >= 0.6 is 0 Å². The quantitative estimate of drug-likeness (QED) is 0.712. The molecule has 146 valence electrons. The van der Waals surface area contributed by atoms with E-state index in [0.717, 1.165) is 18.4 Å². The Labute approximate surface area is 159 Å². The molecule has 0 radical (unpaired) electrons. The highest BCUT2D eigenvalue weighted by molar-refractivity contribution is 5.89. The maximum Gasteiger partial charge on any atom is 0.317 e. The van der Waals surface area contributed by atoms with Gasteiger partial charge >= 0.3 is 5.97 Å². The number of likely N-dealkylation sites (tertiary alicyclic amines) is 1. The first-order valence-electron chi connectivity index (χ1n) is 9.54. The van der Waals surface area contributed by atoms with Crippen LogP contribution in [0, 0.1) is 5.92 Å². The first kappa shape index (κ1) is 19.4. The second-order valence-corrected chi connectivity index (χ2v) is 7.45. The molecule has 0 spiro atoms. The molecule has 1 atom stereocenters. The van der Waals surface area contributed by atoms with Gasteiger partial charge in [-0.3, -0.25) is 19.3 Å². The molecular formula is C20H27N3O4. The molecule has 0 bridgehead atoms. The summed E-state index contributed by atoms with van der Waals surface area (Å²) in [6.07, 6.45) is 1.79. The van der Waals surface area contributed by atoms with Crippen LogP contribution in [0.25, 0.3) is 0 Å². The lowest BCUT2D eigenvalue weighted by Gasteiger charge is -2.42. The molecule has 1 aromatic carbocycles. The van der Waals surface area contributed by atoms with Crippen molar-refractivity contribution in [2.75, 3.05) is 19.6 Å². The summed E-state index contributed by atoms with van der Waals surface area (Å²) in [5.74, 6) is -1.18. The molecular weight excluding hydrogens is 346 g/mol. The van der Waals surface area contributed by atoms with E-state index >= 15 is 0 Å². The molecule has 27 heavy (non-hydrogen) atoms. The zero-order chi connectivity index (χ0) is 19.4. The number of carbonyl (C=O) groups excluding carboxylic acids is 2. The minimum atomic E-state index is -0.827. The Morgan fingerprint density at radius 2 is 1.96 bits per heavy atom. The van der Waals surface area contributed by atoms with Crippen molar-refractivity contribution in [3.05, 3.63) is 35.9 Å². The van der Waals surface area contributed by atoms with Crippen LogP contribution in [0.15, 0.2) is 30.3 Å². The van der Waals surface area contributed by atoms with Gasteiger partial charge < -0.3 is 15.3 Å². The van der Waals surface area contributed by atoms with Gasteiger partial charge in [0.25, 0.3) is 0 Å². The maximum atomic E-state index is 12.5. The molecule has 1 saturated carbocycles. The lowest BCUT2D eigenvalue weighted by Crippen LogP contribution is -2.55. The van der Waals surface area contributed by atoms with Crippen LogP contribution in [0.2, 0.25) is 0 Å². The van der Waals surface area contributed by atoms with E-state index in [1.807, 2.05) is 42.2 Å². The molecule has 3 rings (SSSR count). The molecule has 1 heterocycles. The summed E-state index contributed by atoms with van der Waals surface area (Å²) in [6, 6.07) is 10.1. The summed E-state index contributed by atoms with van der Waals surface area (Å²) in [7, 11) is 0. The lowest BCUT2D eigenvalue weighted by atomic mass is 9.85. The van der Waals surface area contributed by atoms with Crippen LogP contribution < -0.4 is 5.32 Å². The number of hydrogen-bond donors (Lipinski definition) is 2. The fourth-order valence-corrected chi connectivity index (χ4v) is 3.90. The van der Waals surface area contributed by atoms with Crippen molar-refractivity contribution in [3.63, 3.8) is 0 Å². The molecule has 1 aliphatic heterocycles. The van der Waals surface area contributed by atoms with Gasteiger partial charge in [-0.1, -0.05) is 37.3 Å². The van der Waals surface area contributed by atoms with E-state index in [-0.39, 0.29) is 42.8 Å². The molecule has 7 heteroatoms. The van der Waals surface area contributed by atoms with Gasteiger partial charge in [0.1, 0.15) is 0 Å². The topological polar surface area (TPSA) is 90.0 Å². The first-order valence-corrected chi connectivity index (χ1v) is 9.54. The number of carbonyl (C=O) groups is 3. The van der Waals surface area contributed by atoms with Crippen molar-refractivity contribution in [1.82, 2.24) is 15.1 Å². The Balaban J connectivity index is 1.44. The standard InChI is InChI=1S/C20H27N3O4/c1-2-22(13-19(25)26)17-9-16(10-17)21-20(27)15-8-18(24)23(12-15)11-14-6-4-3-5-7-14/h3-7,15-17H,2,8-13H2,1H3,(H,21,27)(H,25,26). The molecule has 1 aromatic rings. The van der Waals surface area contributed by atoms with Gasteiger partial charge in [0.15, 0.2) is 0 Å². The highest BCUT2D eigenvalue weighted by atomic mass is 16.4. The fourth-order valence-electron chi connectivity index (χ4n) is 3.90. The molecule has 2 aliphatic rings. The van der Waals surface area contributed by atoms with Crippen LogP contribution in [0.4, 0.5) is 0 Å². The minimum absolute atomic E-state index is 0.0177. The molecule has 7 nitrogen and oxygen atoms in total. The van der Waals surface area contributed by atoms with Gasteiger partial charge in [-0.15, -0.1) is 0 Å². The van der Waals surface area contributed by atoms with E-state index in [4.69, 9.17) is 5.11 Å². The van der Waals surface area contributed by atoms with Gasteiger partial charge in [0.2, 0.25) is 11.8 Å². The number of hydrogen-bond acceptors (Lipinski definition) is 4. The van der Waals surface area contributed by atoms with Crippen LogP contribution in [0.5, 0.6) is 0 Å². The van der Waals surface area contributed by atoms with Crippen molar-refractivity contribution in [2.24, 2.45) is 5.92 Å². The Morgan fingerprint density at radius 1 is 1.26 bits per heavy atom. The number of amides is 2. The fraction of sp³-hybridized carbons (Fsp3) is 0.550.